The van der Waals surface area contributed by atoms with Gasteiger partial charge in [0, 0.05) is 61.6 Å². The number of aromatic nitrogens is 3. The minimum Gasteiger partial charge on any atom is -0.492 e. The van der Waals surface area contributed by atoms with E-state index < -0.39 is 0 Å². The van der Waals surface area contributed by atoms with Crippen molar-refractivity contribution < 1.29 is 9.47 Å². The topological polar surface area (TPSA) is 72.4 Å². The smallest absolute Gasteiger partial charge is 0.222 e. The lowest BCUT2D eigenvalue weighted by Crippen LogP contribution is -2.39. The molecule has 4 rings (SSSR count). The molecule has 1 aliphatic heterocycles. The van der Waals surface area contributed by atoms with Crippen LogP contribution < -0.4 is 14.8 Å². The highest BCUT2D eigenvalue weighted by atomic mass is 35.5. The third-order valence-electron chi connectivity index (χ3n) is 5.64. The van der Waals surface area contributed by atoms with Gasteiger partial charge in [0.15, 0.2) is 0 Å². The molecule has 2 aromatic heterocycles. The third kappa shape index (κ3) is 6.12. The Morgan fingerprint density at radius 3 is 2.24 bits per heavy atom. The minimum absolute atomic E-state index is 0.355. The molecule has 0 amide bonds. The van der Waals surface area contributed by atoms with E-state index in [2.05, 4.69) is 25.2 Å². The molecule has 0 bridgehead atoms. The summed E-state index contributed by atoms with van der Waals surface area (Å²) in [4.78, 5) is 15.6. The number of anilines is 1. The Morgan fingerprint density at radius 1 is 1.00 bits per heavy atom. The van der Waals surface area contributed by atoms with E-state index in [1.807, 2.05) is 56.7 Å². The normalized spacial score (nSPS) is 14.8. The first kappa shape index (κ1) is 23.3. The van der Waals surface area contributed by atoms with Crippen molar-refractivity contribution in [3.05, 3.63) is 59.6 Å². The molecule has 3 aromatic rings. The molecule has 0 unspecified atom stereocenters. The van der Waals surface area contributed by atoms with Gasteiger partial charge in [-0.15, -0.1) is 0 Å². The highest BCUT2D eigenvalue weighted by Gasteiger charge is 2.21. The van der Waals surface area contributed by atoms with E-state index in [-0.39, 0.29) is 0 Å². The average Bonchev–Trinajstić information content (AvgIpc) is 2.84. The van der Waals surface area contributed by atoms with Gasteiger partial charge in [0.25, 0.3) is 0 Å². The minimum atomic E-state index is 0.355. The van der Waals surface area contributed by atoms with Crippen molar-refractivity contribution in [3.63, 3.8) is 0 Å². The van der Waals surface area contributed by atoms with Gasteiger partial charge >= 0.3 is 0 Å². The van der Waals surface area contributed by atoms with Crippen molar-refractivity contribution in [1.82, 2.24) is 19.9 Å². The standard InChI is InChI=1S/C25H30ClN5O2/c1-3-32-22-12-18(13-23(24(22)26)33-4-2)17-31-10-7-21(8-11-31)30-25-28-15-20(16-29-25)19-6-5-9-27-14-19/h5-6,9,12-16,21H,3-4,7-8,10-11,17H2,1-2H3,(H,28,29,30). The number of ether oxygens (including phenoxy) is 2. The van der Waals surface area contributed by atoms with Crippen molar-refractivity contribution in [1.29, 1.82) is 0 Å². The number of benzene rings is 1. The summed E-state index contributed by atoms with van der Waals surface area (Å²) >= 11 is 6.43. The van der Waals surface area contributed by atoms with Gasteiger partial charge in [0.05, 0.1) is 13.2 Å². The van der Waals surface area contributed by atoms with E-state index in [9.17, 15) is 0 Å². The maximum absolute atomic E-state index is 6.43. The number of hydrogen-bond acceptors (Lipinski definition) is 7. The van der Waals surface area contributed by atoms with E-state index in [1.54, 1.807) is 6.20 Å². The number of piperidine rings is 1. The molecule has 8 heteroatoms. The summed E-state index contributed by atoms with van der Waals surface area (Å²) in [5, 5.41) is 4.02. The molecule has 1 saturated heterocycles. The van der Waals surface area contributed by atoms with Gasteiger partial charge in [-0.25, -0.2) is 9.97 Å². The second-order valence-corrected chi connectivity index (χ2v) is 8.38. The zero-order valence-electron chi connectivity index (χ0n) is 19.1. The summed E-state index contributed by atoms with van der Waals surface area (Å²) in [5.74, 6) is 2.04. The summed E-state index contributed by atoms with van der Waals surface area (Å²) in [6, 6.07) is 8.32. The van der Waals surface area contributed by atoms with E-state index in [4.69, 9.17) is 21.1 Å². The SMILES string of the molecule is CCOc1cc(CN2CCC(Nc3ncc(-c4cccnc4)cn3)CC2)cc(OCC)c1Cl. The first-order valence-corrected chi connectivity index (χ1v) is 11.8. The second kappa shape index (κ2) is 11.3. The molecular formula is C25H30ClN5O2. The Hall–Kier alpha value is -2.90. The molecule has 0 spiro atoms. The second-order valence-electron chi connectivity index (χ2n) is 8.00. The van der Waals surface area contributed by atoms with Crippen LogP contribution in [-0.2, 0) is 6.54 Å². The molecule has 1 aromatic carbocycles. The van der Waals surface area contributed by atoms with Crippen molar-refractivity contribution in [3.8, 4) is 22.6 Å². The number of rotatable bonds is 9. The maximum Gasteiger partial charge on any atom is 0.222 e. The molecule has 33 heavy (non-hydrogen) atoms. The van der Waals surface area contributed by atoms with Gasteiger partial charge in [-0.3, -0.25) is 9.88 Å². The predicted octanol–water partition coefficient (Wildman–Crippen LogP) is 5.07. The summed E-state index contributed by atoms with van der Waals surface area (Å²) in [5.41, 5.74) is 3.12. The highest BCUT2D eigenvalue weighted by molar-refractivity contribution is 6.33. The number of hydrogen-bond donors (Lipinski definition) is 1. The molecular weight excluding hydrogens is 438 g/mol. The first-order chi connectivity index (χ1) is 16.2. The zero-order chi connectivity index (χ0) is 23.0. The van der Waals surface area contributed by atoms with Crippen LogP contribution in [0.3, 0.4) is 0 Å². The number of nitrogens with one attached hydrogen (secondary N) is 1. The molecule has 0 atom stereocenters. The summed E-state index contributed by atoms with van der Waals surface area (Å²) in [6.07, 6.45) is 9.31. The van der Waals surface area contributed by atoms with Gasteiger partial charge in [0.2, 0.25) is 5.95 Å². The largest absolute Gasteiger partial charge is 0.492 e. The van der Waals surface area contributed by atoms with Crippen molar-refractivity contribution in [2.24, 2.45) is 0 Å². The number of likely N-dealkylation sites (tertiary alicyclic amines) is 1. The Morgan fingerprint density at radius 2 is 1.67 bits per heavy atom. The van der Waals surface area contributed by atoms with Crippen molar-refractivity contribution in [2.75, 3.05) is 31.6 Å². The molecule has 7 nitrogen and oxygen atoms in total. The van der Waals surface area contributed by atoms with Gasteiger partial charge in [-0.1, -0.05) is 17.7 Å². The zero-order valence-corrected chi connectivity index (χ0v) is 19.9. The van der Waals surface area contributed by atoms with Crippen LogP contribution in [0.25, 0.3) is 11.1 Å². The number of nitrogens with zero attached hydrogens (tertiary/aromatic N) is 4. The summed E-state index contributed by atoms with van der Waals surface area (Å²) in [7, 11) is 0. The highest BCUT2D eigenvalue weighted by Crippen LogP contribution is 2.36. The van der Waals surface area contributed by atoms with Crippen LogP contribution in [0, 0.1) is 0 Å². The Kier molecular flexibility index (Phi) is 7.96. The number of halogens is 1. The van der Waals surface area contributed by atoms with Crippen LogP contribution in [0.5, 0.6) is 11.5 Å². The van der Waals surface area contributed by atoms with Crippen LogP contribution in [0.1, 0.15) is 32.3 Å². The molecule has 1 N–H and O–H groups in total. The molecule has 3 heterocycles. The maximum atomic E-state index is 6.43. The summed E-state index contributed by atoms with van der Waals surface area (Å²) < 4.78 is 11.4. The molecule has 0 aliphatic carbocycles. The van der Waals surface area contributed by atoms with Gasteiger partial charge in [-0.05, 0) is 50.5 Å². The Bertz CT molecular complexity index is 998. The molecule has 1 fully saturated rings. The molecule has 1 aliphatic rings. The first-order valence-electron chi connectivity index (χ1n) is 11.5. The fourth-order valence-corrected chi connectivity index (χ4v) is 4.22. The predicted molar refractivity (Wildman–Crippen MR) is 131 cm³/mol. The van der Waals surface area contributed by atoms with E-state index in [0.717, 1.165) is 49.2 Å². The van der Waals surface area contributed by atoms with Gasteiger partial charge in [-0.2, -0.15) is 0 Å². The quantitative estimate of drug-likeness (QED) is 0.471. The lowest BCUT2D eigenvalue weighted by molar-refractivity contribution is 0.210. The van der Waals surface area contributed by atoms with E-state index in [0.29, 0.717) is 41.7 Å². The molecule has 0 saturated carbocycles. The van der Waals surface area contributed by atoms with Gasteiger partial charge < -0.3 is 14.8 Å². The summed E-state index contributed by atoms with van der Waals surface area (Å²) in [6.45, 7) is 7.85. The van der Waals surface area contributed by atoms with Crippen LogP contribution >= 0.6 is 11.6 Å². The fourth-order valence-electron chi connectivity index (χ4n) is 4.00. The van der Waals surface area contributed by atoms with Crippen molar-refractivity contribution in [2.45, 2.75) is 39.3 Å². The fraction of sp³-hybridized carbons (Fsp3) is 0.400. The van der Waals surface area contributed by atoms with Crippen molar-refractivity contribution >= 4 is 17.5 Å². The number of pyridine rings is 1. The lowest BCUT2D eigenvalue weighted by Gasteiger charge is -2.32. The van der Waals surface area contributed by atoms with E-state index in [1.165, 1.54) is 0 Å². The van der Waals surface area contributed by atoms with Crippen LogP contribution in [0.2, 0.25) is 5.02 Å². The van der Waals surface area contributed by atoms with Crippen LogP contribution in [0.4, 0.5) is 5.95 Å². The molecule has 0 radical (unpaired) electrons. The van der Waals surface area contributed by atoms with E-state index >= 15 is 0 Å². The Labute approximate surface area is 200 Å². The van der Waals surface area contributed by atoms with Gasteiger partial charge in [0.1, 0.15) is 16.5 Å². The lowest BCUT2D eigenvalue weighted by atomic mass is 10.0. The van der Waals surface area contributed by atoms with Crippen LogP contribution in [-0.4, -0.2) is 52.2 Å². The Balaban J connectivity index is 1.32. The molecule has 174 valence electrons. The average molecular weight is 468 g/mol. The monoisotopic (exact) mass is 467 g/mol. The van der Waals surface area contributed by atoms with Crippen LogP contribution in [0.15, 0.2) is 49.1 Å². The third-order valence-corrected chi connectivity index (χ3v) is 6.01.